The number of carboxylic acids is 1. The fourth-order valence-electron chi connectivity index (χ4n) is 3.22. The number of carbonyl (C=O) groups is 2. The van der Waals surface area contributed by atoms with Gasteiger partial charge in [-0.05, 0) is 42.8 Å². The largest absolute Gasteiger partial charge is 0.480 e. The highest BCUT2D eigenvalue weighted by atomic mass is 19.1. The van der Waals surface area contributed by atoms with Gasteiger partial charge in [0.1, 0.15) is 24.0 Å². The highest BCUT2D eigenvalue weighted by Gasteiger charge is 2.18. The number of aromatic nitrogens is 1. The number of anilines is 1. The lowest BCUT2D eigenvalue weighted by Gasteiger charge is -2.16. The Balaban J connectivity index is 2.05. The van der Waals surface area contributed by atoms with E-state index in [1.807, 2.05) is 31.2 Å². The van der Waals surface area contributed by atoms with Gasteiger partial charge in [0.25, 0.3) is 5.91 Å². The van der Waals surface area contributed by atoms with Gasteiger partial charge in [-0.3, -0.25) is 9.59 Å². The first kappa shape index (κ1) is 19.8. The lowest BCUT2D eigenvalue weighted by atomic mass is 10.1. The van der Waals surface area contributed by atoms with E-state index in [1.54, 1.807) is 10.8 Å². The maximum absolute atomic E-state index is 13.1. The van der Waals surface area contributed by atoms with Gasteiger partial charge in [-0.15, -0.1) is 0 Å². The summed E-state index contributed by atoms with van der Waals surface area (Å²) < 4.78 is 14.7. The molecule has 2 aromatic carbocycles. The van der Waals surface area contributed by atoms with Crippen LogP contribution in [0.15, 0.2) is 54.2 Å². The number of para-hydroxylation sites is 1. The van der Waals surface area contributed by atoms with Crippen LogP contribution in [0.4, 0.5) is 10.1 Å². The van der Waals surface area contributed by atoms with E-state index < -0.39 is 17.7 Å². The molecule has 29 heavy (non-hydrogen) atoms. The van der Waals surface area contributed by atoms with Gasteiger partial charge in [0.15, 0.2) is 0 Å². The van der Waals surface area contributed by atoms with E-state index in [0.29, 0.717) is 11.3 Å². The van der Waals surface area contributed by atoms with Gasteiger partial charge in [-0.1, -0.05) is 18.2 Å². The SMILES string of the molecule is Cc1cccc2c(C=C(C#N)C(=O)N(C)c3ccc(F)cc3)cn(CC(=O)O)c12. The van der Waals surface area contributed by atoms with Gasteiger partial charge < -0.3 is 14.6 Å². The summed E-state index contributed by atoms with van der Waals surface area (Å²) in [5, 5.41) is 19.5. The van der Waals surface area contributed by atoms with Crippen molar-refractivity contribution in [3.05, 3.63) is 71.2 Å². The number of hydrogen-bond acceptors (Lipinski definition) is 3. The van der Waals surface area contributed by atoms with Crippen molar-refractivity contribution < 1.29 is 19.1 Å². The normalized spacial score (nSPS) is 11.3. The lowest BCUT2D eigenvalue weighted by molar-refractivity contribution is -0.137. The van der Waals surface area contributed by atoms with Crippen molar-refractivity contribution in [1.82, 2.24) is 4.57 Å². The number of carbonyl (C=O) groups excluding carboxylic acids is 1. The number of halogens is 1. The topological polar surface area (TPSA) is 86.3 Å². The zero-order valence-corrected chi connectivity index (χ0v) is 15.9. The average molecular weight is 391 g/mol. The van der Waals surface area contributed by atoms with Crippen molar-refractivity contribution in [3.63, 3.8) is 0 Å². The maximum Gasteiger partial charge on any atom is 0.323 e. The zero-order valence-electron chi connectivity index (χ0n) is 15.9. The van der Waals surface area contributed by atoms with Crippen LogP contribution in [0.2, 0.25) is 0 Å². The third-order valence-corrected chi connectivity index (χ3v) is 4.61. The molecule has 1 N–H and O–H groups in total. The molecule has 0 atom stereocenters. The average Bonchev–Trinajstić information content (AvgIpc) is 3.03. The molecule has 1 aromatic heterocycles. The zero-order chi connectivity index (χ0) is 21.1. The summed E-state index contributed by atoms with van der Waals surface area (Å²) >= 11 is 0. The van der Waals surface area contributed by atoms with Gasteiger partial charge in [0.2, 0.25) is 0 Å². The number of aryl methyl sites for hydroxylation is 1. The van der Waals surface area contributed by atoms with E-state index in [4.69, 9.17) is 0 Å². The van der Waals surface area contributed by atoms with Crippen LogP contribution in [0.3, 0.4) is 0 Å². The molecule has 3 rings (SSSR count). The van der Waals surface area contributed by atoms with E-state index in [1.165, 1.54) is 42.3 Å². The summed E-state index contributed by atoms with van der Waals surface area (Å²) in [6.07, 6.45) is 3.07. The summed E-state index contributed by atoms with van der Waals surface area (Å²) in [4.78, 5) is 25.3. The van der Waals surface area contributed by atoms with E-state index in [9.17, 15) is 24.3 Å². The molecule has 1 amide bonds. The summed E-state index contributed by atoms with van der Waals surface area (Å²) in [6.45, 7) is 1.63. The number of nitrogens with zero attached hydrogens (tertiary/aromatic N) is 3. The highest BCUT2D eigenvalue weighted by molar-refractivity contribution is 6.12. The van der Waals surface area contributed by atoms with Crippen LogP contribution in [0.5, 0.6) is 0 Å². The molecule has 3 aromatic rings. The summed E-state index contributed by atoms with van der Waals surface area (Å²) in [5.74, 6) is -1.97. The molecule has 0 aliphatic rings. The molecule has 7 heteroatoms. The number of likely N-dealkylation sites (N-methyl/N-ethyl adjacent to an activating group) is 1. The number of benzene rings is 2. The summed E-state index contributed by atoms with van der Waals surface area (Å²) in [6, 6.07) is 12.8. The Labute approximate surface area is 166 Å². The maximum atomic E-state index is 13.1. The highest BCUT2D eigenvalue weighted by Crippen LogP contribution is 2.27. The monoisotopic (exact) mass is 391 g/mol. The summed E-state index contributed by atoms with van der Waals surface area (Å²) in [5.41, 5.74) is 2.52. The molecule has 0 saturated carbocycles. The Bertz CT molecular complexity index is 1170. The number of nitriles is 1. The predicted octanol–water partition coefficient (Wildman–Crippen LogP) is 3.74. The molecule has 0 aliphatic heterocycles. The molecule has 146 valence electrons. The molecule has 0 aliphatic carbocycles. The molecule has 1 heterocycles. The quantitative estimate of drug-likeness (QED) is 0.530. The Kier molecular flexibility index (Phi) is 5.46. The van der Waals surface area contributed by atoms with Crippen LogP contribution in [0.1, 0.15) is 11.1 Å². The minimum absolute atomic E-state index is 0.118. The van der Waals surface area contributed by atoms with Crippen LogP contribution in [-0.2, 0) is 16.1 Å². The van der Waals surface area contributed by atoms with Crippen LogP contribution in [-0.4, -0.2) is 28.6 Å². The Morgan fingerprint density at radius 1 is 1.24 bits per heavy atom. The fourth-order valence-corrected chi connectivity index (χ4v) is 3.22. The third-order valence-electron chi connectivity index (χ3n) is 4.61. The molecule has 0 fully saturated rings. The standard InChI is InChI=1S/C22H18FN3O3/c1-14-4-3-5-19-16(12-26(21(14)19)13-20(27)28)10-15(11-24)22(29)25(2)18-8-6-17(23)7-9-18/h3-10,12H,13H2,1-2H3,(H,27,28). The molecule has 0 radical (unpaired) electrons. The molecular weight excluding hydrogens is 373 g/mol. The van der Waals surface area contributed by atoms with Crippen molar-refractivity contribution in [3.8, 4) is 6.07 Å². The number of rotatable bonds is 5. The Hall–Kier alpha value is -3.92. The Morgan fingerprint density at radius 2 is 1.93 bits per heavy atom. The first-order chi connectivity index (χ1) is 13.8. The second-order valence-corrected chi connectivity index (χ2v) is 6.59. The van der Waals surface area contributed by atoms with Gasteiger partial charge in [-0.2, -0.15) is 5.26 Å². The smallest absolute Gasteiger partial charge is 0.323 e. The van der Waals surface area contributed by atoms with Gasteiger partial charge >= 0.3 is 5.97 Å². The lowest BCUT2D eigenvalue weighted by Crippen LogP contribution is -2.27. The first-order valence-electron chi connectivity index (χ1n) is 8.77. The van der Waals surface area contributed by atoms with Crippen molar-refractivity contribution in [2.45, 2.75) is 13.5 Å². The number of aliphatic carboxylic acids is 1. The van der Waals surface area contributed by atoms with Crippen LogP contribution >= 0.6 is 0 Å². The van der Waals surface area contributed by atoms with Gasteiger partial charge in [0.05, 0.1) is 5.52 Å². The van der Waals surface area contributed by atoms with Crippen molar-refractivity contribution in [1.29, 1.82) is 5.26 Å². The molecule has 0 spiro atoms. The van der Waals surface area contributed by atoms with E-state index in [2.05, 4.69) is 0 Å². The van der Waals surface area contributed by atoms with Crippen molar-refractivity contribution >= 4 is 34.5 Å². The minimum atomic E-state index is -0.992. The number of fused-ring (bicyclic) bond motifs is 1. The summed E-state index contributed by atoms with van der Waals surface area (Å²) in [7, 11) is 1.50. The fraction of sp³-hybridized carbons (Fsp3) is 0.136. The molecule has 0 bridgehead atoms. The molecular formula is C22H18FN3O3. The van der Waals surface area contributed by atoms with Crippen LogP contribution in [0.25, 0.3) is 17.0 Å². The molecule has 6 nitrogen and oxygen atoms in total. The molecule has 0 saturated heterocycles. The van der Waals surface area contributed by atoms with Crippen LogP contribution in [0, 0.1) is 24.1 Å². The second-order valence-electron chi connectivity index (χ2n) is 6.59. The number of hydrogen-bond donors (Lipinski definition) is 1. The number of amides is 1. The van der Waals surface area contributed by atoms with Gasteiger partial charge in [-0.25, -0.2) is 4.39 Å². The third kappa shape index (κ3) is 4.01. The van der Waals surface area contributed by atoms with E-state index >= 15 is 0 Å². The van der Waals surface area contributed by atoms with E-state index in [-0.39, 0.29) is 12.1 Å². The van der Waals surface area contributed by atoms with E-state index in [0.717, 1.165) is 16.5 Å². The van der Waals surface area contributed by atoms with Crippen LogP contribution < -0.4 is 4.90 Å². The van der Waals surface area contributed by atoms with Crippen molar-refractivity contribution in [2.75, 3.05) is 11.9 Å². The predicted molar refractivity (Wildman–Crippen MR) is 108 cm³/mol. The van der Waals surface area contributed by atoms with Gasteiger partial charge in [0, 0.05) is 29.9 Å². The van der Waals surface area contributed by atoms with Crippen molar-refractivity contribution in [2.24, 2.45) is 0 Å². The first-order valence-corrected chi connectivity index (χ1v) is 8.77. The minimum Gasteiger partial charge on any atom is -0.480 e. The molecule has 0 unspecified atom stereocenters. The second kappa shape index (κ2) is 7.98. The number of carboxylic acid groups (broad SMARTS) is 1. The Morgan fingerprint density at radius 3 is 2.55 bits per heavy atom.